The van der Waals surface area contributed by atoms with Crippen molar-refractivity contribution in [3.8, 4) is 0 Å². The Morgan fingerprint density at radius 3 is 2.06 bits per heavy atom. The van der Waals surface area contributed by atoms with Crippen molar-refractivity contribution in [2.45, 2.75) is 53.0 Å². The average molecular weight is 233 g/mol. The van der Waals surface area contributed by atoms with Crippen molar-refractivity contribution >= 4 is 0 Å². The lowest BCUT2D eigenvalue weighted by Gasteiger charge is -2.30. The zero-order chi connectivity index (χ0) is 12.9. The second-order valence-electron chi connectivity index (χ2n) is 6.75. The number of hydrogen-bond donors (Lipinski definition) is 1. The summed E-state index contributed by atoms with van der Waals surface area (Å²) >= 11 is 0. The van der Waals surface area contributed by atoms with Crippen LogP contribution in [0.15, 0.2) is 30.3 Å². The highest BCUT2D eigenvalue weighted by atomic mass is 14.9. The van der Waals surface area contributed by atoms with Gasteiger partial charge in [-0.15, -0.1) is 0 Å². The number of aryl methyl sites for hydroxylation is 1. The highest BCUT2D eigenvalue weighted by Gasteiger charge is 2.20. The van der Waals surface area contributed by atoms with Gasteiger partial charge in [-0.05, 0) is 44.6 Å². The van der Waals surface area contributed by atoms with Gasteiger partial charge in [0.15, 0.2) is 0 Å². The summed E-state index contributed by atoms with van der Waals surface area (Å²) in [7, 11) is 0. The third-order valence-corrected chi connectivity index (χ3v) is 3.03. The first-order valence-electron chi connectivity index (χ1n) is 6.57. The molecule has 0 bridgehead atoms. The van der Waals surface area contributed by atoms with E-state index in [0.717, 1.165) is 6.54 Å². The molecule has 1 nitrogen and oxygen atoms in total. The summed E-state index contributed by atoms with van der Waals surface area (Å²) in [6.07, 6.45) is 2.39. The van der Waals surface area contributed by atoms with E-state index in [9.17, 15) is 0 Å². The maximum atomic E-state index is 3.60. The van der Waals surface area contributed by atoms with E-state index in [1.807, 2.05) is 0 Å². The highest BCUT2D eigenvalue weighted by Crippen LogP contribution is 2.22. The summed E-state index contributed by atoms with van der Waals surface area (Å²) in [4.78, 5) is 0. The summed E-state index contributed by atoms with van der Waals surface area (Å²) < 4.78 is 0. The highest BCUT2D eigenvalue weighted by molar-refractivity contribution is 5.14. The van der Waals surface area contributed by atoms with E-state index in [-0.39, 0.29) is 5.54 Å². The molecular weight excluding hydrogens is 206 g/mol. The van der Waals surface area contributed by atoms with E-state index in [1.165, 1.54) is 18.4 Å². The Labute approximate surface area is 107 Å². The molecule has 96 valence electrons. The van der Waals surface area contributed by atoms with Crippen LogP contribution in [-0.2, 0) is 6.42 Å². The molecule has 1 aromatic rings. The fraction of sp³-hybridized carbons (Fsp3) is 0.625. The van der Waals surface area contributed by atoms with Crippen molar-refractivity contribution in [3.63, 3.8) is 0 Å². The van der Waals surface area contributed by atoms with Crippen molar-refractivity contribution in [2.24, 2.45) is 5.41 Å². The Balaban J connectivity index is 2.39. The molecule has 0 saturated heterocycles. The Bertz CT molecular complexity index is 319. The van der Waals surface area contributed by atoms with Crippen LogP contribution >= 0.6 is 0 Å². The van der Waals surface area contributed by atoms with E-state index >= 15 is 0 Å². The monoisotopic (exact) mass is 233 g/mol. The van der Waals surface area contributed by atoms with Gasteiger partial charge in [0.1, 0.15) is 0 Å². The normalized spacial score (nSPS) is 12.8. The predicted molar refractivity (Wildman–Crippen MR) is 76.3 cm³/mol. The second-order valence-corrected chi connectivity index (χ2v) is 6.75. The third-order valence-electron chi connectivity index (χ3n) is 3.03. The lowest BCUT2D eigenvalue weighted by molar-refractivity contribution is 0.273. The van der Waals surface area contributed by atoms with E-state index in [0.29, 0.717) is 5.41 Å². The predicted octanol–water partition coefficient (Wildman–Crippen LogP) is 4.03. The fourth-order valence-corrected chi connectivity index (χ4v) is 1.72. The molecule has 0 fully saturated rings. The van der Waals surface area contributed by atoms with Crippen LogP contribution in [0.2, 0.25) is 0 Å². The van der Waals surface area contributed by atoms with Gasteiger partial charge in [0.2, 0.25) is 0 Å². The van der Waals surface area contributed by atoms with E-state index in [1.54, 1.807) is 0 Å². The standard InChI is InChI=1S/C16H27N/c1-15(2,3)17-13-16(4,5)12-11-14-9-7-6-8-10-14/h6-10,17H,11-13H2,1-5H3. The minimum Gasteiger partial charge on any atom is -0.312 e. The Kier molecular flexibility index (Phi) is 4.76. The van der Waals surface area contributed by atoms with Gasteiger partial charge in [-0.25, -0.2) is 0 Å². The number of benzene rings is 1. The minimum atomic E-state index is 0.212. The van der Waals surface area contributed by atoms with Crippen LogP contribution in [0.1, 0.15) is 46.6 Å². The summed E-state index contributed by atoms with van der Waals surface area (Å²) in [6, 6.07) is 10.8. The molecule has 0 aliphatic rings. The molecule has 0 aliphatic carbocycles. The zero-order valence-electron chi connectivity index (χ0n) is 12.0. The molecule has 0 heterocycles. The molecule has 0 aromatic heterocycles. The maximum absolute atomic E-state index is 3.60. The van der Waals surface area contributed by atoms with Crippen molar-refractivity contribution in [1.82, 2.24) is 5.32 Å². The summed E-state index contributed by atoms with van der Waals surface area (Å²) in [5.41, 5.74) is 2.00. The smallest absolute Gasteiger partial charge is 0.00967 e. The van der Waals surface area contributed by atoms with Crippen LogP contribution in [-0.4, -0.2) is 12.1 Å². The molecule has 1 rings (SSSR count). The van der Waals surface area contributed by atoms with Crippen LogP contribution < -0.4 is 5.32 Å². The average Bonchev–Trinajstić information content (AvgIpc) is 2.25. The largest absolute Gasteiger partial charge is 0.312 e. The van der Waals surface area contributed by atoms with Crippen LogP contribution in [0.5, 0.6) is 0 Å². The number of nitrogens with one attached hydrogen (secondary N) is 1. The van der Waals surface area contributed by atoms with E-state index in [2.05, 4.69) is 70.3 Å². The molecule has 0 unspecified atom stereocenters. The third kappa shape index (κ3) is 6.48. The molecule has 0 radical (unpaired) electrons. The first-order valence-corrected chi connectivity index (χ1v) is 6.57. The lowest BCUT2D eigenvalue weighted by Crippen LogP contribution is -2.42. The van der Waals surface area contributed by atoms with Crippen LogP contribution in [0.25, 0.3) is 0 Å². The number of hydrogen-bond acceptors (Lipinski definition) is 1. The topological polar surface area (TPSA) is 12.0 Å². The maximum Gasteiger partial charge on any atom is 0.00967 e. The molecular formula is C16H27N. The van der Waals surface area contributed by atoms with Gasteiger partial charge >= 0.3 is 0 Å². The Hall–Kier alpha value is -0.820. The van der Waals surface area contributed by atoms with Gasteiger partial charge in [-0.2, -0.15) is 0 Å². The fourth-order valence-electron chi connectivity index (χ4n) is 1.72. The zero-order valence-corrected chi connectivity index (χ0v) is 12.0. The van der Waals surface area contributed by atoms with Crippen molar-refractivity contribution in [3.05, 3.63) is 35.9 Å². The van der Waals surface area contributed by atoms with Crippen LogP contribution in [0, 0.1) is 5.41 Å². The molecule has 0 aliphatic heterocycles. The van der Waals surface area contributed by atoms with Crippen molar-refractivity contribution in [1.29, 1.82) is 0 Å². The van der Waals surface area contributed by atoms with Gasteiger partial charge in [0.05, 0.1) is 0 Å². The molecule has 0 amide bonds. The molecule has 1 heteroatoms. The van der Waals surface area contributed by atoms with Crippen molar-refractivity contribution in [2.75, 3.05) is 6.54 Å². The van der Waals surface area contributed by atoms with Gasteiger partial charge in [0, 0.05) is 12.1 Å². The first kappa shape index (κ1) is 14.2. The molecule has 1 aromatic carbocycles. The first-order chi connectivity index (χ1) is 7.79. The van der Waals surface area contributed by atoms with Gasteiger partial charge in [-0.3, -0.25) is 0 Å². The van der Waals surface area contributed by atoms with Gasteiger partial charge < -0.3 is 5.32 Å². The Morgan fingerprint density at radius 1 is 0.941 bits per heavy atom. The summed E-state index contributed by atoms with van der Waals surface area (Å²) in [5, 5.41) is 3.60. The van der Waals surface area contributed by atoms with Crippen molar-refractivity contribution < 1.29 is 0 Å². The second kappa shape index (κ2) is 5.68. The van der Waals surface area contributed by atoms with Gasteiger partial charge in [-0.1, -0.05) is 44.2 Å². The molecule has 0 saturated carbocycles. The van der Waals surface area contributed by atoms with E-state index in [4.69, 9.17) is 0 Å². The molecule has 0 spiro atoms. The van der Waals surface area contributed by atoms with Crippen LogP contribution in [0.3, 0.4) is 0 Å². The minimum absolute atomic E-state index is 0.212. The SMILES string of the molecule is CC(C)(CCc1ccccc1)CNC(C)(C)C. The number of rotatable bonds is 5. The quantitative estimate of drug-likeness (QED) is 0.809. The van der Waals surface area contributed by atoms with E-state index < -0.39 is 0 Å². The molecule has 17 heavy (non-hydrogen) atoms. The summed E-state index contributed by atoms with van der Waals surface area (Å²) in [6.45, 7) is 12.4. The Morgan fingerprint density at radius 2 is 1.53 bits per heavy atom. The summed E-state index contributed by atoms with van der Waals surface area (Å²) in [5.74, 6) is 0. The molecule has 0 atom stereocenters. The van der Waals surface area contributed by atoms with Gasteiger partial charge in [0.25, 0.3) is 0 Å². The van der Waals surface area contributed by atoms with Crippen LogP contribution in [0.4, 0.5) is 0 Å². The molecule has 1 N–H and O–H groups in total. The lowest BCUT2D eigenvalue weighted by atomic mass is 9.85.